The number of fused-ring (bicyclic) bond motifs is 2. The standard InChI is InChI=1S/C32H20N4O/c1-3-11-21(12-4-1)29-19-25(23-15-7-9-17-27(23)33-29)31-35-36-32(37-31)26-20-30(22-13-5-2-6-14-22)34-28-18-10-8-16-24(26)28/h1-20H. The van der Waals surface area contributed by atoms with Crippen LogP contribution in [-0.2, 0) is 0 Å². The average Bonchev–Trinajstić information content (AvgIpc) is 3.47. The van der Waals surface area contributed by atoms with E-state index in [1.807, 2.05) is 121 Å². The summed E-state index contributed by atoms with van der Waals surface area (Å²) in [4.78, 5) is 9.77. The second kappa shape index (κ2) is 8.81. The number of benzene rings is 4. The van der Waals surface area contributed by atoms with Crippen molar-refractivity contribution >= 4 is 21.8 Å². The predicted octanol–water partition coefficient (Wildman–Crippen LogP) is 7.83. The van der Waals surface area contributed by atoms with Crippen molar-refractivity contribution in [2.45, 2.75) is 0 Å². The Kier molecular flexibility index (Phi) is 5.03. The first-order valence-electron chi connectivity index (χ1n) is 12.1. The Hall–Kier alpha value is -5.16. The number of hydrogen-bond donors (Lipinski definition) is 0. The summed E-state index contributed by atoms with van der Waals surface area (Å²) in [5.41, 5.74) is 7.22. The van der Waals surface area contributed by atoms with Gasteiger partial charge in [-0.3, -0.25) is 0 Å². The average molecular weight is 477 g/mol. The van der Waals surface area contributed by atoms with Gasteiger partial charge in [-0.2, -0.15) is 0 Å². The summed E-state index contributed by atoms with van der Waals surface area (Å²) in [6.45, 7) is 0. The molecule has 0 N–H and O–H groups in total. The van der Waals surface area contributed by atoms with Crippen LogP contribution < -0.4 is 0 Å². The van der Waals surface area contributed by atoms with Gasteiger partial charge in [-0.25, -0.2) is 9.97 Å². The van der Waals surface area contributed by atoms with Crippen LogP contribution in [0.25, 0.3) is 67.2 Å². The van der Waals surface area contributed by atoms with Crippen LogP contribution >= 0.6 is 0 Å². The molecule has 5 nitrogen and oxygen atoms in total. The number of para-hydroxylation sites is 2. The van der Waals surface area contributed by atoms with Crippen molar-refractivity contribution in [3.05, 3.63) is 121 Å². The third-order valence-electron chi connectivity index (χ3n) is 6.46. The van der Waals surface area contributed by atoms with E-state index in [2.05, 4.69) is 10.2 Å². The Morgan fingerprint density at radius 1 is 0.432 bits per heavy atom. The SMILES string of the molecule is c1ccc(-c2cc(-c3nnc(-c4cc(-c5ccccc5)nc5ccccc45)o3)c3ccccc3n2)cc1. The first kappa shape index (κ1) is 21.1. The molecule has 5 heteroatoms. The fourth-order valence-electron chi connectivity index (χ4n) is 4.66. The summed E-state index contributed by atoms with van der Waals surface area (Å²) in [6.07, 6.45) is 0. The molecule has 0 aliphatic carbocycles. The molecule has 3 heterocycles. The topological polar surface area (TPSA) is 64.7 Å². The van der Waals surface area contributed by atoms with Crippen LogP contribution in [0.4, 0.5) is 0 Å². The van der Waals surface area contributed by atoms with Crippen LogP contribution in [0.2, 0.25) is 0 Å². The third-order valence-corrected chi connectivity index (χ3v) is 6.46. The summed E-state index contributed by atoms with van der Waals surface area (Å²) in [6, 6.07) is 40.3. The molecule has 0 radical (unpaired) electrons. The molecule has 0 atom stereocenters. The highest BCUT2D eigenvalue weighted by Crippen LogP contribution is 2.35. The molecule has 0 bridgehead atoms. The lowest BCUT2D eigenvalue weighted by Gasteiger charge is -2.08. The molecule has 174 valence electrons. The number of rotatable bonds is 4. The second-order valence-corrected chi connectivity index (χ2v) is 8.79. The molecular weight excluding hydrogens is 456 g/mol. The minimum Gasteiger partial charge on any atom is -0.416 e. The lowest BCUT2D eigenvalue weighted by atomic mass is 10.0. The monoisotopic (exact) mass is 476 g/mol. The third kappa shape index (κ3) is 3.83. The van der Waals surface area contributed by atoms with Gasteiger partial charge in [0.15, 0.2) is 0 Å². The Labute approximate surface area is 213 Å². The zero-order chi connectivity index (χ0) is 24.6. The van der Waals surface area contributed by atoms with Gasteiger partial charge in [0.05, 0.1) is 33.5 Å². The van der Waals surface area contributed by atoms with Gasteiger partial charge in [-0.1, -0.05) is 97.1 Å². The molecule has 0 amide bonds. The highest BCUT2D eigenvalue weighted by atomic mass is 16.4. The van der Waals surface area contributed by atoms with E-state index in [9.17, 15) is 0 Å². The van der Waals surface area contributed by atoms with Gasteiger partial charge in [0.2, 0.25) is 11.8 Å². The minimum atomic E-state index is 0.452. The molecule has 0 fully saturated rings. The summed E-state index contributed by atoms with van der Waals surface area (Å²) < 4.78 is 6.38. The molecule has 37 heavy (non-hydrogen) atoms. The van der Waals surface area contributed by atoms with Gasteiger partial charge in [-0.15, -0.1) is 10.2 Å². The number of nitrogens with zero attached hydrogens (tertiary/aromatic N) is 4. The Morgan fingerprint density at radius 3 is 1.30 bits per heavy atom. The maximum absolute atomic E-state index is 6.38. The van der Waals surface area contributed by atoms with Crippen molar-refractivity contribution < 1.29 is 4.42 Å². The maximum atomic E-state index is 6.38. The zero-order valence-corrected chi connectivity index (χ0v) is 19.7. The molecule has 0 aliphatic rings. The summed E-state index contributed by atoms with van der Waals surface area (Å²) in [7, 11) is 0. The molecule has 0 spiro atoms. The highest BCUT2D eigenvalue weighted by molar-refractivity contribution is 5.96. The molecule has 0 saturated carbocycles. The Morgan fingerprint density at radius 2 is 0.838 bits per heavy atom. The first-order valence-corrected chi connectivity index (χ1v) is 12.1. The van der Waals surface area contributed by atoms with Crippen molar-refractivity contribution in [1.82, 2.24) is 20.2 Å². The van der Waals surface area contributed by atoms with Crippen LogP contribution in [0.3, 0.4) is 0 Å². The van der Waals surface area contributed by atoms with Gasteiger partial charge >= 0.3 is 0 Å². The minimum absolute atomic E-state index is 0.452. The number of aromatic nitrogens is 4. The van der Waals surface area contributed by atoms with Crippen molar-refractivity contribution in [3.63, 3.8) is 0 Å². The molecule has 0 unspecified atom stereocenters. The van der Waals surface area contributed by atoms with E-state index in [1.165, 1.54) is 0 Å². The molecule has 3 aromatic heterocycles. The first-order chi connectivity index (χ1) is 18.3. The van der Waals surface area contributed by atoms with E-state index < -0.39 is 0 Å². The molecule has 4 aromatic carbocycles. The fourth-order valence-corrected chi connectivity index (χ4v) is 4.66. The van der Waals surface area contributed by atoms with E-state index in [0.29, 0.717) is 11.8 Å². The second-order valence-electron chi connectivity index (χ2n) is 8.79. The molecule has 7 aromatic rings. The highest BCUT2D eigenvalue weighted by Gasteiger charge is 2.18. The Balaban J connectivity index is 1.41. The van der Waals surface area contributed by atoms with Gasteiger partial charge in [0.1, 0.15) is 0 Å². The normalized spacial score (nSPS) is 11.2. The van der Waals surface area contributed by atoms with Gasteiger partial charge < -0.3 is 4.42 Å². The van der Waals surface area contributed by atoms with E-state index in [0.717, 1.165) is 55.4 Å². The van der Waals surface area contributed by atoms with Gasteiger partial charge in [0.25, 0.3) is 0 Å². The van der Waals surface area contributed by atoms with Gasteiger partial charge in [0, 0.05) is 21.9 Å². The predicted molar refractivity (Wildman–Crippen MR) is 147 cm³/mol. The summed E-state index contributed by atoms with van der Waals surface area (Å²) >= 11 is 0. The van der Waals surface area contributed by atoms with Gasteiger partial charge in [-0.05, 0) is 24.3 Å². The van der Waals surface area contributed by atoms with Crippen LogP contribution in [-0.4, -0.2) is 20.2 Å². The summed E-state index contributed by atoms with van der Waals surface area (Å²) in [5.74, 6) is 0.904. The Bertz CT molecular complexity index is 1740. The van der Waals surface area contributed by atoms with Crippen molar-refractivity contribution in [2.75, 3.05) is 0 Å². The van der Waals surface area contributed by atoms with Crippen LogP contribution in [0.1, 0.15) is 0 Å². The lowest BCUT2D eigenvalue weighted by Crippen LogP contribution is -1.90. The fraction of sp³-hybridized carbons (Fsp3) is 0. The molecule has 0 aliphatic heterocycles. The van der Waals surface area contributed by atoms with Crippen LogP contribution in [0.5, 0.6) is 0 Å². The van der Waals surface area contributed by atoms with E-state index >= 15 is 0 Å². The van der Waals surface area contributed by atoms with E-state index in [-0.39, 0.29) is 0 Å². The molecular formula is C32H20N4O. The molecule has 7 rings (SSSR count). The van der Waals surface area contributed by atoms with E-state index in [1.54, 1.807) is 0 Å². The smallest absolute Gasteiger partial charge is 0.248 e. The summed E-state index contributed by atoms with van der Waals surface area (Å²) in [5, 5.41) is 10.9. The van der Waals surface area contributed by atoms with Crippen molar-refractivity contribution in [2.24, 2.45) is 0 Å². The van der Waals surface area contributed by atoms with Crippen molar-refractivity contribution in [1.29, 1.82) is 0 Å². The largest absolute Gasteiger partial charge is 0.416 e. The van der Waals surface area contributed by atoms with Crippen LogP contribution in [0, 0.1) is 0 Å². The molecule has 0 saturated heterocycles. The van der Waals surface area contributed by atoms with E-state index in [4.69, 9.17) is 14.4 Å². The van der Waals surface area contributed by atoms with Crippen LogP contribution in [0.15, 0.2) is 126 Å². The number of pyridine rings is 2. The van der Waals surface area contributed by atoms with Crippen molar-refractivity contribution in [3.8, 4) is 45.4 Å². The lowest BCUT2D eigenvalue weighted by molar-refractivity contribution is 0.586. The zero-order valence-electron chi connectivity index (χ0n) is 19.7. The quantitative estimate of drug-likeness (QED) is 0.259. The number of hydrogen-bond acceptors (Lipinski definition) is 5. The maximum Gasteiger partial charge on any atom is 0.248 e.